The van der Waals surface area contributed by atoms with E-state index in [4.69, 9.17) is 23.7 Å². The average molecular weight is 331 g/mol. The Balaban J connectivity index is 1.89. The number of benzene rings is 2. The van der Waals surface area contributed by atoms with Crippen molar-refractivity contribution < 1.29 is 0 Å². The molecule has 2 aromatic carbocycles. The maximum absolute atomic E-state index is 5.94. The third-order valence-electron chi connectivity index (χ3n) is 3.89. The Bertz CT molecular complexity index is 1100. The highest BCUT2D eigenvalue weighted by atomic mass is 32.1. The number of hydrogen-bond acceptors (Lipinski definition) is 6. The van der Waals surface area contributed by atoms with Crippen molar-refractivity contribution in [3.05, 3.63) is 65.9 Å². The number of pyridine rings is 1. The lowest BCUT2D eigenvalue weighted by molar-refractivity contribution is 1.20. The van der Waals surface area contributed by atoms with Gasteiger partial charge in [0, 0.05) is 17.3 Å². The van der Waals surface area contributed by atoms with Gasteiger partial charge in [-0.1, -0.05) is 54.7 Å². The second-order valence-corrected chi connectivity index (χ2v) is 5.83. The Hall–Kier alpha value is -3.12. The van der Waals surface area contributed by atoms with Crippen molar-refractivity contribution in [2.24, 2.45) is 0 Å². The largest absolute Gasteiger partial charge is 0.383 e. The summed E-state index contributed by atoms with van der Waals surface area (Å²) < 4.78 is 0. The zero-order chi connectivity index (χ0) is 16.7. The summed E-state index contributed by atoms with van der Waals surface area (Å²) in [4.78, 5) is 13.1. The van der Waals surface area contributed by atoms with Gasteiger partial charge in [-0.3, -0.25) is 0 Å². The number of anilines is 2. The molecule has 116 valence electrons. The number of nitrogens with zero attached hydrogens (tertiary/aromatic N) is 3. The van der Waals surface area contributed by atoms with E-state index in [0.29, 0.717) is 21.7 Å². The molecule has 0 amide bonds. The topological polar surface area (TPSA) is 90.7 Å². The minimum absolute atomic E-state index is 0.108. The van der Waals surface area contributed by atoms with Crippen LogP contribution >= 0.6 is 12.2 Å². The summed E-state index contributed by atoms with van der Waals surface area (Å²) in [6.07, 6.45) is 1.69. The molecule has 0 saturated carbocycles. The molecule has 4 N–H and O–H groups in total. The second-order valence-electron chi connectivity index (χ2n) is 5.42. The molecule has 0 aliphatic heterocycles. The summed E-state index contributed by atoms with van der Waals surface area (Å²) in [6.45, 7) is 0. The van der Waals surface area contributed by atoms with Gasteiger partial charge in [0.15, 0.2) is 5.65 Å². The van der Waals surface area contributed by atoms with Crippen molar-refractivity contribution in [3.8, 4) is 0 Å². The molecule has 0 radical (unpaired) electrons. The van der Waals surface area contributed by atoms with Crippen molar-refractivity contribution in [1.82, 2.24) is 15.0 Å². The van der Waals surface area contributed by atoms with E-state index in [1.807, 2.05) is 30.3 Å². The number of fused-ring (bicyclic) bond motifs is 2. The highest BCUT2D eigenvalue weighted by Crippen LogP contribution is 2.24. The highest BCUT2D eigenvalue weighted by molar-refractivity contribution is 7.81. The van der Waals surface area contributed by atoms with Gasteiger partial charge in [-0.2, -0.15) is 9.97 Å². The van der Waals surface area contributed by atoms with Crippen LogP contribution in [0.4, 0.5) is 11.8 Å². The molecule has 0 saturated heterocycles. The number of nitrogens with two attached hydrogens (primary N) is 2. The number of nitrogen functional groups attached to an aromatic ring is 2. The summed E-state index contributed by atoms with van der Waals surface area (Å²) in [5.41, 5.74) is 13.8. The maximum atomic E-state index is 5.94. The Morgan fingerprint density at radius 3 is 2.58 bits per heavy atom. The van der Waals surface area contributed by atoms with E-state index in [1.54, 1.807) is 6.20 Å². The number of rotatable bonds is 2. The SMILES string of the molecule is Nc1nc(N)c2cc(C(=S)c3cccc4ccccc34)cnc2n1. The summed E-state index contributed by atoms with van der Waals surface area (Å²) in [7, 11) is 0. The molecular weight excluding hydrogens is 318 g/mol. The van der Waals surface area contributed by atoms with Crippen LogP contribution in [-0.4, -0.2) is 19.8 Å². The lowest BCUT2D eigenvalue weighted by Crippen LogP contribution is -2.05. The first-order valence-corrected chi connectivity index (χ1v) is 7.75. The van der Waals surface area contributed by atoms with Crippen LogP contribution in [0.25, 0.3) is 21.8 Å². The lowest BCUT2D eigenvalue weighted by Gasteiger charge is -2.09. The summed E-state index contributed by atoms with van der Waals surface area (Å²) >= 11 is 5.70. The van der Waals surface area contributed by atoms with Crippen LogP contribution in [0.1, 0.15) is 11.1 Å². The van der Waals surface area contributed by atoms with Gasteiger partial charge in [-0.25, -0.2) is 4.98 Å². The highest BCUT2D eigenvalue weighted by Gasteiger charge is 2.12. The number of hydrogen-bond donors (Lipinski definition) is 2. The van der Waals surface area contributed by atoms with E-state index in [-0.39, 0.29) is 5.95 Å². The van der Waals surface area contributed by atoms with Crippen molar-refractivity contribution in [3.63, 3.8) is 0 Å². The van der Waals surface area contributed by atoms with Gasteiger partial charge in [-0.05, 0) is 16.8 Å². The van der Waals surface area contributed by atoms with Crippen molar-refractivity contribution in [1.29, 1.82) is 0 Å². The van der Waals surface area contributed by atoms with E-state index in [1.165, 1.54) is 0 Å². The third-order valence-corrected chi connectivity index (χ3v) is 4.35. The first kappa shape index (κ1) is 14.5. The summed E-state index contributed by atoms with van der Waals surface area (Å²) in [5, 5.41) is 2.89. The van der Waals surface area contributed by atoms with Crippen LogP contribution in [0.5, 0.6) is 0 Å². The van der Waals surface area contributed by atoms with Gasteiger partial charge in [0.05, 0.1) is 10.3 Å². The zero-order valence-corrected chi connectivity index (χ0v) is 13.4. The Morgan fingerprint density at radius 1 is 0.917 bits per heavy atom. The Labute approximate surface area is 143 Å². The van der Waals surface area contributed by atoms with E-state index in [9.17, 15) is 0 Å². The van der Waals surface area contributed by atoms with Gasteiger partial charge in [0.2, 0.25) is 5.95 Å². The van der Waals surface area contributed by atoms with Crippen molar-refractivity contribution >= 4 is 50.7 Å². The first-order chi connectivity index (χ1) is 11.6. The van der Waals surface area contributed by atoms with Crippen molar-refractivity contribution in [2.45, 2.75) is 0 Å². The van der Waals surface area contributed by atoms with Crippen molar-refractivity contribution in [2.75, 3.05) is 11.5 Å². The molecule has 0 aliphatic carbocycles. The summed E-state index contributed by atoms with van der Waals surface area (Å²) in [6, 6.07) is 16.1. The Kier molecular flexibility index (Phi) is 3.32. The third kappa shape index (κ3) is 2.33. The van der Waals surface area contributed by atoms with Crippen LogP contribution in [0.2, 0.25) is 0 Å². The minimum atomic E-state index is 0.108. The van der Waals surface area contributed by atoms with Gasteiger partial charge >= 0.3 is 0 Å². The first-order valence-electron chi connectivity index (χ1n) is 7.35. The molecule has 0 aliphatic rings. The van der Waals surface area contributed by atoms with Gasteiger partial charge in [0.25, 0.3) is 0 Å². The quantitative estimate of drug-likeness (QED) is 0.433. The molecule has 4 rings (SSSR count). The molecule has 5 nitrogen and oxygen atoms in total. The normalized spacial score (nSPS) is 11.0. The van der Waals surface area contributed by atoms with E-state index >= 15 is 0 Å². The molecule has 2 aromatic heterocycles. The predicted molar refractivity (Wildman–Crippen MR) is 101 cm³/mol. The second kappa shape index (κ2) is 5.50. The predicted octanol–water partition coefficient (Wildman–Crippen LogP) is 3.11. The van der Waals surface area contributed by atoms with E-state index in [0.717, 1.165) is 21.9 Å². The van der Waals surface area contributed by atoms with E-state index < -0.39 is 0 Å². The molecule has 0 unspecified atom stereocenters. The molecule has 6 heteroatoms. The molecule has 2 heterocycles. The minimum Gasteiger partial charge on any atom is -0.383 e. The lowest BCUT2D eigenvalue weighted by atomic mass is 9.98. The molecule has 0 bridgehead atoms. The van der Waals surface area contributed by atoms with Crippen LogP contribution in [-0.2, 0) is 0 Å². The standard InChI is InChI=1S/C18H13N5S/c19-16-14-8-11(9-21-17(14)23-18(20)22-16)15(24)13-7-3-5-10-4-1-2-6-12(10)13/h1-9H,(H4,19,20,21,22,23). The van der Waals surface area contributed by atoms with Gasteiger partial charge < -0.3 is 11.5 Å². The van der Waals surface area contributed by atoms with Crippen LogP contribution in [0, 0.1) is 0 Å². The molecule has 0 spiro atoms. The molecule has 24 heavy (non-hydrogen) atoms. The van der Waals surface area contributed by atoms with Crippen LogP contribution in [0.15, 0.2) is 54.7 Å². The zero-order valence-electron chi connectivity index (χ0n) is 12.6. The molecular formula is C18H13N5S. The van der Waals surface area contributed by atoms with Gasteiger partial charge in [0.1, 0.15) is 5.82 Å². The fourth-order valence-electron chi connectivity index (χ4n) is 2.76. The fraction of sp³-hybridized carbons (Fsp3) is 0. The van der Waals surface area contributed by atoms with Gasteiger partial charge in [-0.15, -0.1) is 0 Å². The Morgan fingerprint density at radius 2 is 1.71 bits per heavy atom. The number of aromatic nitrogens is 3. The average Bonchev–Trinajstić information content (AvgIpc) is 2.60. The fourth-order valence-corrected chi connectivity index (χ4v) is 3.04. The molecule has 0 atom stereocenters. The smallest absolute Gasteiger partial charge is 0.224 e. The van der Waals surface area contributed by atoms with Crippen LogP contribution < -0.4 is 11.5 Å². The monoisotopic (exact) mass is 331 g/mol. The van der Waals surface area contributed by atoms with Crippen LogP contribution in [0.3, 0.4) is 0 Å². The van der Waals surface area contributed by atoms with E-state index in [2.05, 4.69) is 33.2 Å². The summed E-state index contributed by atoms with van der Waals surface area (Å²) in [5.74, 6) is 0.407. The molecule has 0 fully saturated rings. The molecule has 4 aromatic rings. The maximum Gasteiger partial charge on any atom is 0.224 e. The number of thiocarbonyl (C=S) groups is 1.